The second-order valence-corrected chi connectivity index (χ2v) is 11.7. The molecule has 30 heavy (non-hydrogen) atoms. The number of carbonyl (C=O) groups is 1. The first kappa shape index (κ1) is 24.4. The second kappa shape index (κ2) is 8.72. The van der Waals surface area contributed by atoms with Crippen LogP contribution in [0.15, 0.2) is 22.7 Å². The molecule has 9 heteroatoms. The fraction of sp³-hybridized carbons (Fsp3) is 0.524. The molecule has 1 atom stereocenters. The number of halogens is 1. The van der Waals surface area contributed by atoms with Gasteiger partial charge in [-0.15, -0.1) is 11.3 Å². The van der Waals surface area contributed by atoms with E-state index in [1.54, 1.807) is 0 Å². The predicted molar refractivity (Wildman–Crippen MR) is 116 cm³/mol. The van der Waals surface area contributed by atoms with Crippen LogP contribution < -0.4 is 5.32 Å². The third-order valence-electron chi connectivity index (χ3n) is 4.69. The van der Waals surface area contributed by atoms with Crippen LogP contribution in [0.5, 0.6) is 0 Å². The molecular formula is C21H29FN2O4S2. The van der Waals surface area contributed by atoms with E-state index in [2.05, 4.69) is 10.3 Å². The number of thiazole rings is 1. The fourth-order valence-electron chi connectivity index (χ4n) is 3.18. The summed E-state index contributed by atoms with van der Waals surface area (Å²) in [7, 11) is -4.17. The van der Waals surface area contributed by atoms with Crippen LogP contribution in [0.4, 0.5) is 4.39 Å². The summed E-state index contributed by atoms with van der Waals surface area (Å²) >= 11 is 0.854. The number of nitrogens with zero attached hydrogens (tertiary/aromatic N) is 1. The van der Waals surface area contributed by atoms with Gasteiger partial charge in [-0.25, -0.2) is 17.8 Å². The Morgan fingerprint density at radius 2 is 1.67 bits per heavy atom. The number of carbonyl (C=O) groups excluding carboxylic acids is 1. The number of nitrogens with one attached hydrogen (secondary N) is 1. The van der Waals surface area contributed by atoms with Gasteiger partial charge in [-0.1, -0.05) is 27.7 Å². The molecule has 0 spiro atoms. The van der Waals surface area contributed by atoms with Crippen LogP contribution in [-0.2, 0) is 20.2 Å². The molecule has 0 saturated carbocycles. The average molecular weight is 457 g/mol. The maximum Gasteiger partial charge on any atom is 0.230 e. The molecule has 1 unspecified atom stereocenters. The SMILES string of the molecule is CC(=O)NC(c1c(C(C)C)cc(F)cc1C(C)C)S(=O)(=O)c1ncc(C(C)(C)O)s1. The Bertz CT molecular complexity index is 1010. The molecule has 2 rings (SSSR count). The van der Waals surface area contributed by atoms with E-state index in [9.17, 15) is 22.7 Å². The molecule has 1 aromatic carbocycles. The number of aromatic nitrogens is 1. The van der Waals surface area contributed by atoms with Crippen LogP contribution in [0.1, 0.15) is 87.2 Å². The summed E-state index contributed by atoms with van der Waals surface area (Å²) in [6.45, 7) is 11.7. The first-order valence-electron chi connectivity index (χ1n) is 9.69. The summed E-state index contributed by atoms with van der Waals surface area (Å²) in [6, 6.07) is 2.64. The van der Waals surface area contributed by atoms with Crippen molar-refractivity contribution in [2.75, 3.05) is 0 Å². The molecule has 166 valence electrons. The second-order valence-electron chi connectivity index (χ2n) is 8.48. The lowest BCUT2D eigenvalue weighted by Crippen LogP contribution is -2.34. The summed E-state index contributed by atoms with van der Waals surface area (Å²) in [5, 5.41) is 11.3. The third kappa shape index (κ3) is 5.07. The lowest BCUT2D eigenvalue weighted by Gasteiger charge is -2.26. The maximum atomic E-state index is 14.3. The average Bonchev–Trinajstić information content (AvgIpc) is 3.10. The lowest BCUT2D eigenvalue weighted by atomic mass is 9.88. The molecule has 2 N–H and O–H groups in total. The van der Waals surface area contributed by atoms with E-state index in [-0.39, 0.29) is 16.2 Å². The van der Waals surface area contributed by atoms with Gasteiger partial charge >= 0.3 is 0 Å². The smallest absolute Gasteiger partial charge is 0.230 e. The standard InChI is InChI=1S/C21H29FN2O4S2/c1-11(2)15-8-14(22)9-16(12(3)4)18(15)19(24-13(5)25)30(27,28)20-23-10-17(29-20)21(6,7)26/h8-12,19,26H,1-7H3,(H,24,25). The number of sulfone groups is 1. The molecule has 6 nitrogen and oxygen atoms in total. The molecule has 0 radical (unpaired) electrons. The predicted octanol–water partition coefficient (Wildman–Crippen LogP) is 4.37. The quantitative estimate of drug-likeness (QED) is 0.645. The monoisotopic (exact) mass is 456 g/mol. The molecule has 0 saturated heterocycles. The zero-order chi connectivity index (χ0) is 23.0. The Labute approximate surface area is 181 Å². The Morgan fingerprint density at radius 1 is 1.17 bits per heavy atom. The Kier molecular flexibility index (Phi) is 7.10. The molecule has 1 aromatic heterocycles. The normalized spacial score (nSPS) is 13.7. The largest absolute Gasteiger partial charge is 0.385 e. The Morgan fingerprint density at radius 3 is 2.03 bits per heavy atom. The van der Waals surface area contributed by atoms with Crippen molar-refractivity contribution in [3.8, 4) is 0 Å². The van der Waals surface area contributed by atoms with Crippen LogP contribution in [0.2, 0.25) is 0 Å². The van der Waals surface area contributed by atoms with Crippen LogP contribution in [0.25, 0.3) is 0 Å². The number of benzene rings is 1. The summed E-state index contributed by atoms with van der Waals surface area (Å²) in [5.74, 6) is -1.34. The summed E-state index contributed by atoms with van der Waals surface area (Å²) in [5.41, 5.74) is 0.147. The van der Waals surface area contributed by atoms with Crippen molar-refractivity contribution in [2.24, 2.45) is 0 Å². The maximum absolute atomic E-state index is 14.3. The lowest BCUT2D eigenvalue weighted by molar-refractivity contribution is -0.119. The molecule has 0 fully saturated rings. The van der Waals surface area contributed by atoms with Crippen molar-refractivity contribution in [2.45, 2.75) is 75.6 Å². The van der Waals surface area contributed by atoms with Crippen molar-refractivity contribution in [1.82, 2.24) is 10.3 Å². The molecule has 1 amide bonds. The van der Waals surface area contributed by atoms with E-state index in [0.29, 0.717) is 21.6 Å². The van der Waals surface area contributed by atoms with Gasteiger partial charge in [-0.2, -0.15) is 0 Å². The first-order valence-corrected chi connectivity index (χ1v) is 12.1. The minimum Gasteiger partial charge on any atom is -0.385 e. The van der Waals surface area contributed by atoms with Crippen LogP contribution >= 0.6 is 11.3 Å². The fourth-order valence-corrected chi connectivity index (χ4v) is 6.16. The van der Waals surface area contributed by atoms with Gasteiger partial charge in [-0.05, 0) is 54.5 Å². The van der Waals surface area contributed by atoms with E-state index >= 15 is 0 Å². The van der Waals surface area contributed by atoms with Crippen molar-refractivity contribution in [3.63, 3.8) is 0 Å². The van der Waals surface area contributed by atoms with Crippen LogP contribution in [0.3, 0.4) is 0 Å². The van der Waals surface area contributed by atoms with Gasteiger partial charge in [0.15, 0.2) is 5.37 Å². The highest BCUT2D eigenvalue weighted by Gasteiger charge is 2.37. The molecule has 0 aliphatic heterocycles. The van der Waals surface area contributed by atoms with E-state index < -0.39 is 32.5 Å². The Balaban J connectivity index is 2.81. The Hall–Kier alpha value is -1.84. The minimum atomic E-state index is -4.17. The molecular weight excluding hydrogens is 427 g/mol. The van der Waals surface area contributed by atoms with Gasteiger partial charge in [-0.3, -0.25) is 4.79 Å². The van der Waals surface area contributed by atoms with Crippen LogP contribution in [0, 0.1) is 5.82 Å². The molecule has 2 aromatic rings. The topological polar surface area (TPSA) is 96.4 Å². The van der Waals surface area contributed by atoms with E-state index in [4.69, 9.17) is 0 Å². The highest BCUT2D eigenvalue weighted by Crippen LogP contribution is 2.39. The summed E-state index contributed by atoms with van der Waals surface area (Å²) in [4.78, 5) is 16.4. The van der Waals surface area contributed by atoms with Crippen molar-refractivity contribution < 1.29 is 22.7 Å². The van der Waals surface area contributed by atoms with Gasteiger partial charge in [0.2, 0.25) is 20.1 Å². The van der Waals surface area contributed by atoms with Gasteiger partial charge in [0.05, 0.1) is 10.5 Å². The van der Waals surface area contributed by atoms with Gasteiger partial charge in [0.1, 0.15) is 5.82 Å². The zero-order valence-corrected chi connectivity index (χ0v) is 19.9. The minimum absolute atomic E-state index is 0.178. The molecule has 0 aliphatic rings. The number of rotatable bonds is 7. The highest BCUT2D eigenvalue weighted by atomic mass is 32.2. The van der Waals surface area contributed by atoms with Gasteiger partial charge in [0, 0.05) is 13.1 Å². The number of aliphatic hydroxyl groups is 1. The van der Waals surface area contributed by atoms with Crippen molar-refractivity contribution in [1.29, 1.82) is 0 Å². The van der Waals surface area contributed by atoms with Gasteiger partial charge < -0.3 is 10.4 Å². The number of hydrogen-bond donors (Lipinski definition) is 2. The summed E-state index contributed by atoms with van der Waals surface area (Å²) in [6.07, 6.45) is 1.32. The number of amides is 1. The molecule has 1 heterocycles. The highest BCUT2D eigenvalue weighted by molar-refractivity contribution is 7.93. The summed E-state index contributed by atoms with van der Waals surface area (Å²) < 4.78 is 41.3. The van der Waals surface area contributed by atoms with Crippen molar-refractivity contribution in [3.05, 3.63) is 45.7 Å². The van der Waals surface area contributed by atoms with Crippen molar-refractivity contribution >= 4 is 27.1 Å². The third-order valence-corrected chi connectivity index (χ3v) is 8.31. The number of hydrogen-bond acceptors (Lipinski definition) is 6. The van der Waals surface area contributed by atoms with E-state index in [1.165, 1.54) is 39.1 Å². The van der Waals surface area contributed by atoms with E-state index in [0.717, 1.165) is 11.3 Å². The first-order chi connectivity index (χ1) is 13.7. The molecule has 0 bridgehead atoms. The van der Waals surface area contributed by atoms with Gasteiger partial charge in [0.25, 0.3) is 0 Å². The zero-order valence-electron chi connectivity index (χ0n) is 18.3. The van der Waals surface area contributed by atoms with E-state index in [1.807, 2.05) is 27.7 Å². The molecule has 0 aliphatic carbocycles. The van der Waals surface area contributed by atoms with Crippen LogP contribution in [-0.4, -0.2) is 24.4 Å².